The van der Waals surface area contributed by atoms with Crippen molar-refractivity contribution in [2.24, 2.45) is 0 Å². The van der Waals surface area contributed by atoms with Crippen LogP contribution < -0.4 is 5.32 Å². The zero-order valence-electron chi connectivity index (χ0n) is 31.5. The first-order chi connectivity index (χ1) is 26.1. The van der Waals surface area contributed by atoms with Gasteiger partial charge < -0.3 is 72.4 Å². The van der Waals surface area contributed by atoms with Gasteiger partial charge in [0.2, 0.25) is 0 Å². The number of hydrogen-bond donors (Lipinski definition) is 3. The Hall–Kier alpha value is -2.11. The van der Waals surface area contributed by atoms with Gasteiger partial charge in [-0.1, -0.05) is 0 Å². The largest absolute Gasteiger partial charge is 0.481 e. The molecule has 0 aliphatic carbocycles. The second-order valence-electron chi connectivity index (χ2n) is 10.9. The minimum absolute atomic E-state index is 0.0270. The molecule has 0 bridgehead atoms. The normalized spacial score (nSPS) is 11.4. The van der Waals surface area contributed by atoms with Crippen molar-refractivity contribution in [3.8, 4) is 0 Å². The molecule has 0 heterocycles. The van der Waals surface area contributed by atoms with Gasteiger partial charge in [-0.15, -0.1) is 0 Å². The zero-order chi connectivity index (χ0) is 38.6. The molecule has 3 N–H and O–H groups in total. The lowest BCUT2D eigenvalue weighted by atomic mass is 10.4. The van der Waals surface area contributed by atoms with Gasteiger partial charge in [0.25, 0.3) is 6.47 Å². The molecule has 0 rings (SSSR count). The summed E-state index contributed by atoms with van der Waals surface area (Å²) in [6.45, 7) is 13.8. The molecule has 0 atom stereocenters. The zero-order valence-corrected chi connectivity index (χ0v) is 31.5. The van der Waals surface area contributed by atoms with Crippen molar-refractivity contribution >= 4 is 18.4 Å². The number of nitrogens with one attached hydrogen (secondary N) is 1. The molecular weight excluding hydrogens is 708 g/mol. The van der Waals surface area contributed by atoms with E-state index in [4.69, 9.17) is 62.3 Å². The molecule has 0 fully saturated rings. The second-order valence-corrected chi connectivity index (χ2v) is 10.9. The van der Waals surface area contributed by atoms with E-state index in [1.807, 2.05) is 0 Å². The summed E-state index contributed by atoms with van der Waals surface area (Å²) in [4.78, 5) is 33.1. The minimum atomic E-state index is -0.891. The molecule has 19 heteroatoms. The maximum Gasteiger partial charge on any atom is 0.305 e. The lowest BCUT2D eigenvalue weighted by Gasteiger charge is -2.22. The van der Waals surface area contributed by atoms with Crippen LogP contribution >= 0.6 is 0 Å². The van der Waals surface area contributed by atoms with Gasteiger partial charge >= 0.3 is 11.9 Å². The van der Waals surface area contributed by atoms with Crippen LogP contribution in [0.3, 0.4) is 0 Å². The average molecular weight is 775 g/mol. The standard InChI is InChI=1S/C34H66N2O17/c37-32-53-31-30-52-23-16-42-9-1-4-35-5-12-45-19-26-51-29-22-48-15-8-36(6-13-46-20-27-49-24-17-43-10-2-33(38)39)7-14-47-21-28-50-25-18-44-11-3-34(40)41/h32,35H,1-31H2,(H,38,39)(H,40,41). The predicted molar refractivity (Wildman–Crippen MR) is 189 cm³/mol. The molecule has 0 aromatic heterocycles. The van der Waals surface area contributed by atoms with Crippen molar-refractivity contribution in [3.05, 3.63) is 0 Å². The highest BCUT2D eigenvalue weighted by Gasteiger charge is 2.06. The van der Waals surface area contributed by atoms with E-state index in [-0.39, 0.29) is 32.7 Å². The molecule has 314 valence electrons. The topological polar surface area (TPSA) is 218 Å². The van der Waals surface area contributed by atoms with Crippen molar-refractivity contribution in [1.29, 1.82) is 0 Å². The molecular formula is C34H66N2O17. The van der Waals surface area contributed by atoms with Crippen LogP contribution in [0.5, 0.6) is 0 Å². The third kappa shape index (κ3) is 46.0. The van der Waals surface area contributed by atoms with Crippen molar-refractivity contribution in [2.45, 2.75) is 19.3 Å². The van der Waals surface area contributed by atoms with E-state index < -0.39 is 11.9 Å². The van der Waals surface area contributed by atoms with Crippen molar-refractivity contribution in [3.63, 3.8) is 0 Å². The predicted octanol–water partition coefficient (Wildman–Crippen LogP) is -0.427. The van der Waals surface area contributed by atoms with Crippen LogP contribution in [0.4, 0.5) is 0 Å². The van der Waals surface area contributed by atoms with Gasteiger partial charge in [0, 0.05) is 32.8 Å². The molecule has 0 aliphatic rings. The third-order valence-corrected chi connectivity index (χ3v) is 6.66. The molecule has 0 radical (unpaired) electrons. The number of carbonyl (C=O) groups excluding carboxylic acids is 1. The number of ether oxygens (including phenoxy) is 12. The molecule has 53 heavy (non-hydrogen) atoms. The van der Waals surface area contributed by atoms with Crippen LogP contribution in [0, 0.1) is 0 Å². The second kappa shape index (κ2) is 44.3. The third-order valence-electron chi connectivity index (χ3n) is 6.66. The van der Waals surface area contributed by atoms with E-state index in [9.17, 15) is 14.4 Å². The summed E-state index contributed by atoms with van der Waals surface area (Å²) in [6, 6.07) is 0. The highest BCUT2D eigenvalue weighted by molar-refractivity contribution is 5.67. The SMILES string of the molecule is O=COCCOCCOCCCNCCOCCOCCOCCN(CCOCCOCCOCCC(=O)O)CCOCCOCCOCCC(=O)O. The number of nitrogens with zero attached hydrogens (tertiary/aromatic N) is 1. The van der Waals surface area contributed by atoms with Crippen LogP contribution in [0.1, 0.15) is 19.3 Å². The molecule has 0 aromatic rings. The quantitative estimate of drug-likeness (QED) is 0.0528. The van der Waals surface area contributed by atoms with Gasteiger partial charge in [0.1, 0.15) is 6.61 Å². The number of aliphatic carboxylic acids is 2. The van der Waals surface area contributed by atoms with Crippen LogP contribution in [0.15, 0.2) is 0 Å². The molecule has 0 saturated carbocycles. The fourth-order valence-electron chi connectivity index (χ4n) is 3.91. The van der Waals surface area contributed by atoms with Gasteiger partial charge in [0.15, 0.2) is 0 Å². The van der Waals surface area contributed by atoms with Gasteiger partial charge in [-0.3, -0.25) is 19.3 Å². The van der Waals surface area contributed by atoms with E-state index in [1.165, 1.54) is 0 Å². The minimum Gasteiger partial charge on any atom is -0.481 e. The number of rotatable bonds is 47. The number of carboxylic acid groups (broad SMARTS) is 2. The molecule has 0 aromatic carbocycles. The molecule has 0 spiro atoms. The average Bonchev–Trinajstić information content (AvgIpc) is 3.14. The summed E-state index contributed by atoms with van der Waals surface area (Å²) in [5.41, 5.74) is 0. The summed E-state index contributed by atoms with van der Waals surface area (Å²) < 4.78 is 64.8. The van der Waals surface area contributed by atoms with Gasteiger partial charge in [0.05, 0.1) is 152 Å². The smallest absolute Gasteiger partial charge is 0.305 e. The Balaban J connectivity index is 3.85. The first-order valence-electron chi connectivity index (χ1n) is 18.3. The summed E-state index contributed by atoms with van der Waals surface area (Å²) in [5, 5.41) is 20.5. The summed E-state index contributed by atoms with van der Waals surface area (Å²) in [5.74, 6) is -1.78. The maximum absolute atomic E-state index is 10.5. The fraction of sp³-hybridized carbons (Fsp3) is 0.912. The Morgan fingerprint density at radius 3 is 1.11 bits per heavy atom. The molecule has 19 nitrogen and oxygen atoms in total. The number of hydrogen-bond acceptors (Lipinski definition) is 17. The summed E-state index contributed by atoms with van der Waals surface area (Å²) in [7, 11) is 0. The van der Waals surface area contributed by atoms with E-state index in [1.54, 1.807) is 0 Å². The Morgan fingerprint density at radius 2 is 0.736 bits per heavy atom. The van der Waals surface area contributed by atoms with Gasteiger partial charge in [-0.25, -0.2) is 0 Å². The monoisotopic (exact) mass is 774 g/mol. The molecule has 0 unspecified atom stereocenters. The lowest BCUT2D eigenvalue weighted by Crippen LogP contribution is -2.34. The highest BCUT2D eigenvalue weighted by atomic mass is 16.6. The Morgan fingerprint density at radius 1 is 0.415 bits per heavy atom. The Kier molecular flexibility index (Phi) is 42.5. The highest BCUT2D eigenvalue weighted by Crippen LogP contribution is 1.94. The number of carboxylic acids is 2. The van der Waals surface area contributed by atoms with Crippen molar-refractivity contribution < 1.29 is 81.4 Å². The first-order valence-corrected chi connectivity index (χ1v) is 18.3. The van der Waals surface area contributed by atoms with Crippen molar-refractivity contribution in [1.82, 2.24) is 10.2 Å². The van der Waals surface area contributed by atoms with E-state index in [2.05, 4.69) is 15.0 Å². The Bertz CT molecular complexity index is 751. The van der Waals surface area contributed by atoms with E-state index in [0.717, 1.165) is 19.5 Å². The van der Waals surface area contributed by atoms with E-state index in [0.29, 0.717) is 158 Å². The van der Waals surface area contributed by atoms with Gasteiger partial charge in [-0.2, -0.15) is 0 Å². The Labute approximate surface area is 314 Å². The maximum atomic E-state index is 10.5. The van der Waals surface area contributed by atoms with Crippen LogP contribution in [0.25, 0.3) is 0 Å². The van der Waals surface area contributed by atoms with Crippen LogP contribution in [0.2, 0.25) is 0 Å². The summed E-state index contributed by atoms with van der Waals surface area (Å²) in [6.07, 6.45) is 0.831. The van der Waals surface area contributed by atoms with E-state index >= 15 is 0 Å². The lowest BCUT2D eigenvalue weighted by molar-refractivity contribution is -0.139. The molecule has 0 saturated heterocycles. The first kappa shape index (κ1) is 50.9. The fourth-order valence-corrected chi connectivity index (χ4v) is 3.91. The van der Waals surface area contributed by atoms with Crippen LogP contribution in [-0.4, -0.2) is 218 Å². The number of carbonyl (C=O) groups is 3. The van der Waals surface area contributed by atoms with Crippen LogP contribution in [-0.2, 0) is 71.2 Å². The summed E-state index contributed by atoms with van der Waals surface area (Å²) >= 11 is 0. The van der Waals surface area contributed by atoms with Crippen molar-refractivity contribution in [2.75, 3.05) is 185 Å². The van der Waals surface area contributed by atoms with Gasteiger partial charge in [-0.05, 0) is 13.0 Å². The molecule has 0 aliphatic heterocycles. The molecule has 0 amide bonds.